The highest BCUT2D eigenvalue weighted by molar-refractivity contribution is 5.85. The largest absolute Gasteiger partial charge is 0.480 e. The molecule has 2 aromatic carbocycles. The number of carboxylic acids is 1. The Bertz CT molecular complexity index is 953. The third kappa shape index (κ3) is 4.01. The van der Waals surface area contributed by atoms with Crippen molar-refractivity contribution in [3.05, 3.63) is 59.7 Å². The summed E-state index contributed by atoms with van der Waals surface area (Å²) in [6.45, 7) is 1.61. The molecule has 2 amide bonds. The molecule has 2 aliphatic rings. The van der Waals surface area contributed by atoms with Crippen LogP contribution in [0.5, 0.6) is 0 Å². The van der Waals surface area contributed by atoms with Crippen LogP contribution in [0.1, 0.15) is 43.2 Å². The number of alkyl carbamates (subject to hydrolysis) is 1. The standard InChI is InChI=1S/C23H24N2O5/c1-14(21(27)28)24-20(26)12-23(10-11-23)25-22(29)30-13-19-17-8-4-2-6-15(17)16-7-3-5-9-18(16)19/h2-9,14,19H,10-13H2,1H3,(H,24,26)(H,25,29)(H,27,28). The highest BCUT2D eigenvalue weighted by Gasteiger charge is 2.46. The number of carbonyl (C=O) groups excluding carboxylic acids is 2. The quantitative estimate of drug-likeness (QED) is 0.653. The molecule has 4 rings (SSSR count). The van der Waals surface area contributed by atoms with Gasteiger partial charge in [0, 0.05) is 12.3 Å². The van der Waals surface area contributed by atoms with Crippen molar-refractivity contribution in [2.75, 3.05) is 6.61 Å². The van der Waals surface area contributed by atoms with Gasteiger partial charge in [0.25, 0.3) is 0 Å². The van der Waals surface area contributed by atoms with Crippen molar-refractivity contribution in [3.63, 3.8) is 0 Å². The van der Waals surface area contributed by atoms with Gasteiger partial charge in [-0.05, 0) is 42.0 Å². The summed E-state index contributed by atoms with van der Waals surface area (Å²) in [5.74, 6) is -1.53. The number of aliphatic carboxylic acids is 1. The molecule has 1 saturated carbocycles. The maximum Gasteiger partial charge on any atom is 0.407 e. The fraction of sp³-hybridized carbons (Fsp3) is 0.348. The maximum atomic E-state index is 12.4. The summed E-state index contributed by atoms with van der Waals surface area (Å²) in [5.41, 5.74) is 3.93. The van der Waals surface area contributed by atoms with E-state index < -0.39 is 29.6 Å². The van der Waals surface area contributed by atoms with Gasteiger partial charge in [-0.25, -0.2) is 4.79 Å². The molecule has 7 heteroatoms. The van der Waals surface area contributed by atoms with Gasteiger partial charge in [-0.3, -0.25) is 9.59 Å². The topological polar surface area (TPSA) is 105 Å². The number of ether oxygens (including phenoxy) is 1. The first-order valence-electron chi connectivity index (χ1n) is 10.0. The van der Waals surface area contributed by atoms with Crippen LogP contribution in [0.3, 0.4) is 0 Å². The van der Waals surface area contributed by atoms with E-state index in [1.165, 1.54) is 6.92 Å². The summed E-state index contributed by atoms with van der Waals surface area (Å²) in [7, 11) is 0. The molecule has 3 N–H and O–H groups in total. The van der Waals surface area contributed by atoms with Crippen molar-refractivity contribution in [3.8, 4) is 11.1 Å². The number of rotatable bonds is 7. The Morgan fingerprint density at radius 2 is 1.63 bits per heavy atom. The summed E-state index contributed by atoms with van der Waals surface area (Å²) in [6, 6.07) is 15.2. The second-order valence-electron chi connectivity index (χ2n) is 8.04. The summed E-state index contributed by atoms with van der Waals surface area (Å²) in [4.78, 5) is 35.4. The van der Waals surface area contributed by atoms with Crippen LogP contribution in [0.15, 0.2) is 48.5 Å². The van der Waals surface area contributed by atoms with Gasteiger partial charge in [0.1, 0.15) is 12.6 Å². The van der Waals surface area contributed by atoms with E-state index in [2.05, 4.69) is 34.9 Å². The van der Waals surface area contributed by atoms with Gasteiger partial charge >= 0.3 is 12.1 Å². The molecular formula is C23H24N2O5. The Hall–Kier alpha value is -3.35. The summed E-state index contributed by atoms with van der Waals surface area (Å²) < 4.78 is 5.54. The number of carbonyl (C=O) groups is 3. The zero-order valence-corrected chi connectivity index (χ0v) is 16.7. The Morgan fingerprint density at radius 1 is 1.07 bits per heavy atom. The third-order valence-corrected chi connectivity index (χ3v) is 5.81. The van der Waals surface area contributed by atoms with Crippen molar-refractivity contribution < 1.29 is 24.2 Å². The molecule has 30 heavy (non-hydrogen) atoms. The van der Waals surface area contributed by atoms with Crippen LogP contribution < -0.4 is 10.6 Å². The van der Waals surface area contributed by atoms with Gasteiger partial charge in [0.15, 0.2) is 0 Å². The zero-order chi connectivity index (χ0) is 21.3. The molecule has 0 spiro atoms. The molecule has 0 saturated heterocycles. The van der Waals surface area contributed by atoms with E-state index in [9.17, 15) is 14.4 Å². The molecule has 156 valence electrons. The van der Waals surface area contributed by atoms with Crippen LogP contribution in [0.25, 0.3) is 11.1 Å². The minimum Gasteiger partial charge on any atom is -0.480 e. The SMILES string of the molecule is CC(NC(=O)CC1(NC(=O)OCC2c3ccccc3-c3ccccc32)CC1)C(=O)O. The highest BCUT2D eigenvalue weighted by atomic mass is 16.5. The maximum absolute atomic E-state index is 12.4. The van der Waals surface area contributed by atoms with Gasteiger partial charge in [-0.2, -0.15) is 0 Å². The molecule has 2 aliphatic carbocycles. The minimum atomic E-state index is -1.10. The van der Waals surface area contributed by atoms with Gasteiger partial charge in [0.2, 0.25) is 5.91 Å². The van der Waals surface area contributed by atoms with E-state index in [0.717, 1.165) is 22.3 Å². The van der Waals surface area contributed by atoms with E-state index in [0.29, 0.717) is 12.8 Å². The predicted molar refractivity (Wildman–Crippen MR) is 110 cm³/mol. The first-order chi connectivity index (χ1) is 14.4. The van der Waals surface area contributed by atoms with Crippen molar-refractivity contribution in [2.24, 2.45) is 0 Å². The number of hydrogen-bond donors (Lipinski definition) is 3. The van der Waals surface area contributed by atoms with Crippen molar-refractivity contribution >= 4 is 18.0 Å². The van der Waals surface area contributed by atoms with Gasteiger partial charge in [-0.15, -0.1) is 0 Å². The number of carboxylic acid groups (broad SMARTS) is 1. The van der Waals surface area contributed by atoms with Crippen molar-refractivity contribution in [2.45, 2.75) is 43.7 Å². The Balaban J connectivity index is 1.35. The third-order valence-electron chi connectivity index (χ3n) is 5.81. The van der Waals surface area contributed by atoms with E-state index in [4.69, 9.17) is 9.84 Å². The van der Waals surface area contributed by atoms with Crippen LogP contribution in [0, 0.1) is 0 Å². The lowest BCUT2D eigenvalue weighted by atomic mass is 9.98. The first-order valence-corrected chi connectivity index (χ1v) is 10.0. The second-order valence-corrected chi connectivity index (χ2v) is 8.04. The molecule has 2 aromatic rings. The van der Waals surface area contributed by atoms with Crippen molar-refractivity contribution in [1.82, 2.24) is 10.6 Å². The molecule has 0 heterocycles. The Morgan fingerprint density at radius 3 is 2.17 bits per heavy atom. The van der Waals surface area contributed by atoms with Gasteiger partial charge in [0.05, 0.1) is 5.54 Å². The van der Waals surface area contributed by atoms with Crippen LogP contribution >= 0.6 is 0 Å². The fourth-order valence-electron chi connectivity index (χ4n) is 4.01. The number of benzene rings is 2. The molecule has 1 fully saturated rings. The number of fused-ring (bicyclic) bond motifs is 3. The number of nitrogens with one attached hydrogen (secondary N) is 2. The molecule has 1 unspecified atom stereocenters. The monoisotopic (exact) mass is 408 g/mol. The number of amides is 2. The Kier molecular flexibility index (Phi) is 5.20. The van der Waals surface area contributed by atoms with Crippen LogP contribution in [0.4, 0.5) is 4.79 Å². The van der Waals surface area contributed by atoms with Crippen LogP contribution in [0.2, 0.25) is 0 Å². The van der Waals surface area contributed by atoms with Gasteiger partial charge in [-0.1, -0.05) is 48.5 Å². The zero-order valence-electron chi connectivity index (χ0n) is 16.7. The van der Waals surface area contributed by atoms with Gasteiger partial charge < -0.3 is 20.5 Å². The molecular weight excluding hydrogens is 384 g/mol. The normalized spacial score (nSPS) is 16.7. The fourth-order valence-corrected chi connectivity index (χ4v) is 4.01. The van der Waals surface area contributed by atoms with Crippen LogP contribution in [-0.4, -0.2) is 41.3 Å². The first kappa shape index (κ1) is 19.9. The van der Waals surface area contributed by atoms with E-state index >= 15 is 0 Å². The lowest BCUT2D eigenvalue weighted by Gasteiger charge is -2.19. The lowest BCUT2D eigenvalue weighted by Crippen LogP contribution is -2.45. The number of hydrogen-bond acceptors (Lipinski definition) is 4. The Labute approximate surface area is 174 Å². The predicted octanol–water partition coefficient (Wildman–Crippen LogP) is 3.04. The molecule has 1 atom stereocenters. The summed E-state index contributed by atoms with van der Waals surface area (Å²) in [6.07, 6.45) is 0.792. The summed E-state index contributed by atoms with van der Waals surface area (Å²) >= 11 is 0. The smallest absolute Gasteiger partial charge is 0.407 e. The highest BCUT2D eigenvalue weighted by Crippen LogP contribution is 2.44. The molecule has 0 aromatic heterocycles. The minimum absolute atomic E-state index is 0.0296. The lowest BCUT2D eigenvalue weighted by molar-refractivity contribution is -0.141. The molecule has 0 radical (unpaired) electrons. The second kappa shape index (κ2) is 7.82. The van der Waals surface area contributed by atoms with Crippen molar-refractivity contribution in [1.29, 1.82) is 0 Å². The molecule has 0 aliphatic heterocycles. The molecule has 0 bridgehead atoms. The van der Waals surface area contributed by atoms with E-state index in [1.54, 1.807) is 0 Å². The average Bonchev–Trinajstić information content (AvgIpc) is 3.38. The van der Waals surface area contributed by atoms with E-state index in [-0.39, 0.29) is 18.9 Å². The average molecular weight is 408 g/mol. The van der Waals surface area contributed by atoms with E-state index in [1.807, 2.05) is 24.3 Å². The summed E-state index contributed by atoms with van der Waals surface area (Å²) in [5, 5.41) is 14.1. The van der Waals surface area contributed by atoms with Crippen LogP contribution in [-0.2, 0) is 14.3 Å². The molecule has 7 nitrogen and oxygen atoms in total.